The van der Waals surface area contributed by atoms with Crippen LogP contribution in [0, 0.1) is 6.92 Å². The molecule has 0 spiro atoms. The maximum atomic E-state index is 13.4. The molecule has 0 aliphatic rings. The van der Waals surface area contributed by atoms with E-state index in [0.29, 0.717) is 22.8 Å². The molecule has 0 bridgehead atoms. The van der Waals surface area contributed by atoms with Gasteiger partial charge in [-0.15, -0.1) is 11.8 Å². The first-order valence-corrected chi connectivity index (χ1v) is 14.6. The number of furan rings is 1. The molecule has 4 aromatic carbocycles. The molecule has 0 fully saturated rings. The summed E-state index contributed by atoms with van der Waals surface area (Å²) < 4.78 is 5.95. The van der Waals surface area contributed by atoms with Crippen LogP contribution in [0.2, 0.25) is 0 Å². The lowest BCUT2D eigenvalue weighted by Gasteiger charge is -2.11. The molecule has 1 heterocycles. The molecule has 0 aliphatic carbocycles. The van der Waals surface area contributed by atoms with Gasteiger partial charge in [0.25, 0.3) is 11.8 Å². The molecule has 7 nitrogen and oxygen atoms in total. The van der Waals surface area contributed by atoms with Crippen LogP contribution in [-0.4, -0.2) is 23.5 Å². The van der Waals surface area contributed by atoms with Crippen molar-refractivity contribution >= 4 is 46.9 Å². The summed E-state index contributed by atoms with van der Waals surface area (Å²) in [7, 11) is 0. The highest BCUT2D eigenvalue weighted by Gasteiger charge is 2.16. The van der Waals surface area contributed by atoms with Gasteiger partial charge in [-0.3, -0.25) is 14.4 Å². The molecule has 5 aromatic rings. The van der Waals surface area contributed by atoms with Gasteiger partial charge in [0.1, 0.15) is 17.2 Å². The van der Waals surface area contributed by atoms with Crippen molar-refractivity contribution in [2.24, 2.45) is 0 Å². The predicted molar refractivity (Wildman–Crippen MR) is 172 cm³/mol. The molecule has 1 aromatic heterocycles. The van der Waals surface area contributed by atoms with Crippen LogP contribution in [0.3, 0.4) is 0 Å². The van der Waals surface area contributed by atoms with Gasteiger partial charge in [-0.25, -0.2) is 0 Å². The van der Waals surface area contributed by atoms with Gasteiger partial charge in [0.05, 0.1) is 5.75 Å². The molecule has 3 amide bonds. The standard InChI is InChI=1S/C35H29N3O4S/c1-24-12-14-27(15-13-24)36-33(39)23-43-30-19-16-28(17-20-30)37-35(41)31(38-34(40)26-10-6-3-7-11-26)22-29-18-21-32(42-29)25-8-4-2-5-9-25/h2-22H,23H2,1H3,(H,36,39)(H,37,41)(H,38,40). The highest BCUT2D eigenvalue weighted by atomic mass is 32.2. The van der Waals surface area contributed by atoms with Crippen molar-refractivity contribution in [3.05, 3.63) is 144 Å². The van der Waals surface area contributed by atoms with Crippen molar-refractivity contribution in [1.82, 2.24) is 5.32 Å². The first-order chi connectivity index (χ1) is 20.9. The van der Waals surface area contributed by atoms with Crippen molar-refractivity contribution in [3.8, 4) is 11.3 Å². The Morgan fingerprint density at radius 2 is 1.35 bits per heavy atom. The number of aryl methyl sites for hydroxylation is 1. The Morgan fingerprint density at radius 1 is 0.721 bits per heavy atom. The van der Waals surface area contributed by atoms with E-state index in [4.69, 9.17) is 4.42 Å². The largest absolute Gasteiger partial charge is 0.457 e. The maximum Gasteiger partial charge on any atom is 0.272 e. The van der Waals surface area contributed by atoms with Gasteiger partial charge in [-0.1, -0.05) is 66.2 Å². The van der Waals surface area contributed by atoms with Crippen LogP contribution < -0.4 is 16.0 Å². The second-order valence-corrected chi connectivity index (χ2v) is 10.7. The van der Waals surface area contributed by atoms with Crippen molar-refractivity contribution < 1.29 is 18.8 Å². The van der Waals surface area contributed by atoms with Gasteiger partial charge in [0.15, 0.2) is 0 Å². The lowest BCUT2D eigenvalue weighted by Crippen LogP contribution is -2.30. The third-order valence-corrected chi connectivity index (χ3v) is 7.33. The third-order valence-electron chi connectivity index (χ3n) is 6.32. The first kappa shape index (κ1) is 29.2. The SMILES string of the molecule is Cc1ccc(NC(=O)CSc2ccc(NC(=O)C(=Cc3ccc(-c4ccccc4)o3)NC(=O)c3ccccc3)cc2)cc1. The van der Waals surface area contributed by atoms with E-state index in [-0.39, 0.29) is 17.4 Å². The molecule has 3 N–H and O–H groups in total. The average molecular weight is 588 g/mol. The van der Waals surface area contributed by atoms with E-state index in [9.17, 15) is 14.4 Å². The van der Waals surface area contributed by atoms with Gasteiger partial charge in [0.2, 0.25) is 5.91 Å². The van der Waals surface area contributed by atoms with Crippen molar-refractivity contribution in [2.75, 3.05) is 16.4 Å². The number of benzene rings is 4. The fraction of sp³-hybridized carbons (Fsp3) is 0.0571. The average Bonchev–Trinajstić information content (AvgIpc) is 3.51. The second kappa shape index (κ2) is 14.0. The van der Waals surface area contributed by atoms with E-state index in [0.717, 1.165) is 21.7 Å². The minimum Gasteiger partial charge on any atom is -0.457 e. The van der Waals surface area contributed by atoms with E-state index in [1.807, 2.05) is 85.8 Å². The third kappa shape index (κ3) is 8.34. The molecular formula is C35H29N3O4S. The number of thioether (sulfide) groups is 1. The molecule has 0 aliphatic heterocycles. The summed E-state index contributed by atoms with van der Waals surface area (Å²) in [5.74, 6) is 0.247. The molecule has 0 atom stereocenters. The number of carbonyl (C=O) groups excluding carboxylic acids is 3. The Hall–Kier alpha value is -5.34. The Bertz CT molecular complexity index is 1730. The Kier molecular flexibility index (Phi) is 9.51. The van der Waals surface area contributed by atoms with Gasteiger partial charge < -0.3 is 20.4 Å². The van der Waals surface area contributed by atoms with E-state index >= 15 is 0 Å². The Labute approximate surface area is 254 Å². The number of anilines is 2. The summed E-state index contributed by atoms with van der Waals surface area (Å²) >= 11 is 1.39. The Balaban J connectivity index is 1.26. The smallest absolute Gasteiger partial charge is 0.272 e. The van der Waals surface area contributed by atoms with Crippen LogP contribution in [0.15, 0.2) is 136 Å². The van der Waals surface area contributed by atoms with Crippen LogP contribution in [-0.2, 0) is 9.59 Å². The number of hydrogen-bond donors (Lipinski definition) is 3. The van der Waals surface area contributed by atoms with Crippen LogP contribution >= 0.6 is 11.8 Å². The summed E-state index contributed by atoms with van der Waals surface area (Å²) in [4.78, 5) is 39.5. The molecule has 0 saturated carbocycles. The molecule has 0 saturated heterocycles. The van der Waals surface area contributed by atoms with E-state index < -0.39 is 11.8 Å². The van der Waals surface area contributed by atoms with E-state index in [2.05, 4.69) is 16.0 Å². The van der Waals surface area contributed by atoms with Gasteiger partial charge in [0, 0.05) is 33.5 Å². The van der Waals surface area contributed by atoms with Crippen LogP contribution in [0.5, 0.6) is 0 Å². The molecule has 8 heteroatoms. The van der Waals surface area contributed by atoms with Gasteiger partial charge in [-0.05, 0) is 67.6 Å². The van der Waals surface area contributed by atoms with Crippen molar-refractivity contribution in [1.29, 1.82) is 0 Å². The Morgan fingerprint density at radius 3 is 2.05 bits per heavy atom. The van der Waals surface area contributed by atoms with E-state index in [1.165, 1.54) is 17.8 Å². The predicted octanol–water partition coefficient (Wildman–Crippen LogP) is 7.40. The normalized spacial score (nSPS) is 11.0. The molecule has 5 rings (SSSR count). The zero-order valence-corrected chi connectivity index (χ0v) is 24.2. The summed E-state index contributed by atoms with van der Waals surface area (Å²) in [6.07, 6.45) is 1.50. The topological polar surface area (TPSA) is 100 Å². The van der Waals surface area contributed by atoms with Crippen molar-refractivity contribution in [3.63, 3.8) is 0 Å². The maximum absolute atomic E-state index is 13.4. The van der Waals surface area contributed by atoms with Gasteiger partial charge >= 0.3 is 0 Å². The highest BCUT2D eigenvalue weighted by molar-refractivity contribution is 8.00. The number of rotatable bonds is 10. The monoisotopic (exact) mass is 587 g/mol. The highest BCUT2D eigenvalue weighted by Crippen LogP contribution is 2.24. The zero-order valence-electron chi connectivity index (χ0n) is 23.4. The molecule has 0 radical (unpaired) electrons. The molecule has 214 valence electrons. The van der Waals surface area contributed by atoms with Crippen LogP contribution in [0.4, 0.5) is 11.4 Å². The summed E-state index contributed by atoms with van der Waals surface area (Å²) in [5.41, 5.74) is 3.74. The fourth-order valence-corrected chi connectivity index (χ4v) is 4.79. The van der Waals surface area contributed by atoms with E-state index in [1.54, 1.807) is 42.5 Å². The zero-order chi connectivity index (χ0) is 30.0. The molecule has 43 heavy (non-hydrogen) atoms. The number of nitrogens with one attached hydrogen (secondary N) is 3. The molecular weight excluding hydrogens is 558 g/mol. The number of hydrogen-bond acceptors (Lipinski definition) is 5. The van der Waals surface area contributed by atoms with Crippen molar-refractivity contribution in [2.45, 2.75) is 11.8 Å². The number of carbonyl (C=O) groups is 3. The lowest BCUT2D eigenvalue weighted by atomic mass is 10.2. The lowest BCUT2D eigenvalue weighted by molar-refractivity contribution is -0.114. The minimum absolute atomic E-state index is 0.0223. The van der Waals surface area contributed by atoms with Crippen LogP contribution in [0.25, 0.3) is 17.4 Å². The first-order valence-electron chi connectivity index (χ1n) is 13.6. The van der Waals surface area contributed by atoms with Gasteiger partial charge in [-0.2, -0.15) is 0 Å². The summed E-state index contributed by atoms with van der Waals surface area (Å²) in [6.45, 7) is 1.99. The van der Waals surface area contributed by atoms with Crippen LogP contribution in [0.1, 0.15) is 21.7 Å². The number of amides is 3. The molecule has 0 unspecified atom stereocenters. The minimum atomic E-state index is -0.514. The summed E-state index contributed by atoms with van der Waals surface area (Å²) in [6, 6.07) is 36.6. The summed E-state index contributed by atoms with van der Waals surface area (Å²) in [5, 5.41) is 8.44. The second-order valence-electron chi connectivity index (χ2n) is 9.63. The quantitative estimate of drug-likeness (QED) is 0.117. The fourth-order valence-electron chi connectivity index (χ4n) is 4.09.